The van der Waals surface area contributed by atoms with Gasteiger partial charge in [0.05, 0.1) is 6.54 Å². The summed E-state index contributed by atoms with van der Waals surface area (Å²) in [5.74, 6) is 2.07. The van der Waals surface area contributed by atoms with Crippen LogP contribution in [0.15, 0.2) is 40.9 Å². The van der Waals surface area contributed by atoms with Crippen molar-refractivity contribution < 1.29 is 14.4 Å². The molecule has 1 aromatic heterocycles. The smallest absolute Gasteiger partial charge is 0.226 e. The van der Waals surface area contributed by atoms with E-state index in [1.54, 1.807) is 6.07 Å². The lowest BCUT2D eigenvalue weighted by molar-refractivity contribution is 0.211. The minimum atomic E-state index is 0.181. The first-order chi connectivity index (χ1) is 13.1. The Kier molecular flexibility index (Phi) is 4.81. The van der Waals surface area contributed by atoms with Crippen molar-refractivity contribution in [1.29, 1.82) is 0 Å². The van der Waals surface area contributed by atoms with Crippen molar-refractivity contribution in [1.82, 2.24) is 15.0 Å². The average molecular weight is 365 g/mol. The molecule has 1 aliphatic rings. The van der Waals surface area contributed by atoms with Gasteiger partial charge < -0.3 is 14.4 Å². The van der Waals surface area contributed by atoms with E-state index in [1.807, 2.05) is 19.1 Å². The summed E-state index contributed by atoms with van der Waals surface area (Å²) in [5, 5.41) is 14.6. The number of aromatic nitrogens is 2. The lowest BCUT2D eigenvalue weighted by Crippen LogP contribution is -2.25. The van der Waals surface area contributed by atoms with E-state index < -0.39 is 0 Å². The maximum atomic E-state index is 10.5. The summed E-state index contributed by atoms with van der Waals surface area (Å²) in [5.41, 5.74) is 4.23. The van der Waals surface area contributed by atoms with Crippen molar-refractivity contribution in [3.63, 3.8) is 0 Å². The van der Waals surface area contributed by atoms with Crippen LogP contribution in [0.4, 0.5) is 0 Å². The fourth-order valence-electron chi connectivity index (χ4n) is 3.44. The van der Waals surface area contributed by atoms with E-state index in [0.717, 1.165) is 29.7 Å². The number of hydrogen-bond acceptors (Lipinski definition) is 6. The lowest BCUT2D eigenvalue weighted by Gasteiger charge is -2.17. The van der Waals surface area contributed by atoms with Gasteiger partial charge in [0.2, 0.25) is 5.89 Å². The number of fused-ring (bicyclic) bond motifs is 1. The Labute approximate surface area is 158 Å². The van der Waals surface area contributed by atoms with Gasteiger partial charge in [-0.25, -0.2) is 0 Å². The number of hydrogen-bond donors (Lipinski definition) is 1. The van der Waals surface area contributed by atoms with E-state index in [4.69, 9.17) is 9.26 Å². The van der Waals surface area contributed by atoms with E-state index in [0.29, 0.717) is 37.2 Å². The Morgan fingerprint density at radius 2 is 2.07 bits per heavy atom. The van der Waals surface area contributed by atoms with Crippen molar-refractivity contribution in [3.8, 4) is 22.6 Å². The zero-order chi connectivity index (χ0) is 18.8. The fourth-order valence-corrected chi connectivity index (χ4v) is 3.44. The van der Waals surface area contributed by atoms with Gasteiger partial charge in [0.25, 0.3) is 0 Å². The molecule has 6 nitrogen and oxygen atoms in total. The molecule has 0 aliphatic carbocycles. The van der Waals surface area contributed by atoms with Crippen LogP contribution >= 0.6 is 0 Å². The quantitative estimate of drug-likeness (QED) is 0.760. The van der Waals surface area contributed by atoms with Gasteiger partial charge in [0.15, 0.2) is 17.3 Å². The number of nitrogens with zero attached hydrogens (tertiary/aromatic N) is 3. The molecule has 4 rings (SSSR count). The van der Waals surface area contributed by atoms with E-state index >= 15 is 0 Å². The second-order valence-corrected chi connectivity index (χ2v) is 6.82. The molecule has 0 amide bonds. The van der Waals surface area contributed by atoms with Gasteiger partial charge >= 0.3 is 0 Å². The first kappa shape index (κ1) is 17.5. The minimum Gasteiger partial charge on any atom is -0.504 e. The molecule has 2 heterocycles. The van der Waals surface area contributed by atoms with Crippen LogP contribution in [-0.4, -0.2) is 33.3 Å². The maximum absolute atomic E-state index is 10.5. The molecule has 6 heteroatoms. The van der Waals surface area contributed by atoms with E-state index in [9.17, 15) is 5.11 Å². The molecule has 27 heavy (non-hydrogen) atoms. The summed E-state index contributed by atoms with van der Waals surface area (Å²) in [6.07, 6.45) is 0.729. The first-order valence-electron chi connectivity index (χ1n) is 9.22. The SMILES string of the molecule is CCc1nc(CN2CCOc3c(O)cc(-c4ccccc4C)cc3C2)no1. The Balaban J connectivity index is 1.63. The van der Waals surface area contributed by atoms with Crippen LogP contribution in [0.25, 0.3) is 11.1 Å². The highest BCUT2D eigenvalue weighted by Gasteiger charge is 2.21. The monoisotopic (exact) mass is 365 g/mol. The fraction of sp³-hybridized carbons (Fsp3) is 0.333. The number of aromatic hydroxyl groups is 1. The molecule has 0 fully saturated rings. The summed E-state index contributed by atoms with van der Waals surface area (Å²) in [4.78, 5) is 6.60. The third kappa shape index (κ3) is 3.66. The van der Waals surface area contributed by atoms with Crippen LogP contribution in [-0.2, 0) is 19.5 Å². The first-order valence-corrected chi connectivity index (χ1v) is 9.22. The highest BCUT2D eigenvalue weighted by atomic mass is 16.5. The minimum absolute atomic E-state index is 0.181. The summed E-state index contributed by atoms with van der Waals surface area (Å²) >= 11 is 0. The highest BCUT2D eigenvalue weighted by molar-refractivity contribution is 5.71. The highest BCUT2D eigenvalue weighted by Crippen LogP contribution is 2.38. The molecular weight excluding hydrogens is 342 g/mol. The van der Waals surface area contributed by atoms with Crippen LogP contribution in [0.1, 0.15) is 29.8 Å². The van der Waals surface area contributed by atoms with Gasteiger partial charge in [-0.05, 0) is 35.7 Å². The van der Waals surface area contributed by atoms with Crippen LogP contribution in [0.3, 0.4) is 0 Å². The summed E-state index contributed by atoms with van der Waals surface area (Å²) in [7, 11) is 0. The number of phenols is 1. The second-order valence-electron chi connectivity index (χ2n) is 6.82. The largest absolute Gasteiger partial charge is 0.504 e. The lowest BCUT2D eigenvalue weighted by atomic mass is 9.98. The van der Waals surface area contributed by atoms with Crippen LogP contribution in [0.5, 0.6) is 11.5 Å². The van der Waals surface area contributed by atoms with Gasteiger partial charge in [0, 0.05) is 25.1 Å². The van der Waals surface area contributed by atoms with Gasteiger partial charge in [-0.15, -0.1) is 0 Å². The van der Waals surface area contributed by atoms with Gasteiger partial charge in [-0.1, -0.05) is 36.3 Å². The number of phenolic OH excluding ortho intramolecular Hbond substituents is 1. The molecule has 0 saturated heterocycles. The normalized spacial score (nSPS) is 14.4. The van der Waals surface area contributed by atoms with Gasteiger partial charge in [0.1, 0.15) is 6.61 Å². The standard InChI is InChI=1S/C21H23N3O3/c1-3-20-22-19(23-27-20)13-24-8-9-26-21-16(12-24)10-15(11-18(21)25)17-7-5-4-6-14(17)2/h4-7,10-11,25H,3,8-9,12-13H2,1-2H3. The maximum Gasteiger partial charge on any atom is 0.226 e. The molecular formula is C21H23N3O3. The molecule has 0 spiro atoms. The second kappa shape index (κ2) is 7.40. The van der Waals surface area contributed by atoms with Crippen molar-refractivity contribution in [3.05, 3.63) is 59.2 Å². The number of rotatable bonds is 4. The summed E-state index contributed by atoms with van der Waals surface area (Å²) in [6.45, 7) is 6.53. The topological polar surface area (TPSA) is 71.6 Å². The van der Waals surface area contributed by atoms with E-state index in [1.165, 1.54) is 5.56 Å². The molecule has 0 radical (unpaired) electrons. The van der Waals surface area contributed by atoms with E-state index in [-0.39, 0.29) is 5.75 Å². The van der Waals surface area contributed by atoms with E-state index in [2.05, 4.69) is 40.2 Å². The molecule has 0 bridgehead atoms. The predicted molar refractivity (Wildman–Crippen MR) is 102 cm³/mol. The number of ether oxygens (including phenoxy) is 1. The third-order valence-electron chi connectivity index (χ3n) is 4.83. The predicted octanol–water partition coefficient (Wildman–Crippen LogP) is 3.71. The van der Waals surface area contributed by atoms with Crippen molar-refractivity contribution >= 4 is 0 Å². The Hall–Kier alpha value is -2.86. The number of benzene rings is 2. The molecule has 0 saturated carbocycles. The van der Waals surface area contributed by atoms with Crippen molar-refractivity contribution in [2.45, 2.75) is 33.4 Å². The van der Waals surface area contributed by atoms with Crippen LogP contribution in [0, 0.1) is 6.92 Å². The Bertz CT molecular complexity index is 952. The zero-order valence-electron chi connectivity index (χ0n) is 15.6. The van der Waals surface area contributed by atoms with Gasteiger partial charge in [-0.3, -0.25) is 4.90 Å². The average Bonchev–Trinajstić information content (AvgIpc) is 3.01. The summed E-state index contributed by atoms with van der Waals surface area (Å²) in [6, 6.07) is 12.0. The van der Waals surface area contributed by atoms with Gasteiger partial charge in [-0.2, -0.15) is 4.98 Å². The molecule has 140 valence electrons. The molecule has 0 unspecified atom stereocenters. The Morgan fingerprint density at radius 1 is 1.22 bits per heavy atom. The van der Waals surface area contributed by atoms with Crippen LogP contribution in [0.2, 0.25) is 0 Å². The molecule has 3 aromatic rings. The number of aryl methyl sites for hydroxylation is 2. The summed E-state index contributed by atoms with van der Waals surface area (Å²) < 4.78 is 11.0. The third-order valence-corrected chi connectivity index (χ3v) is 4.83. The van der Waals surface area contributed by atoms with Crippen molar-refractivity contribution in [2.75, 3.05) is 13.2 Å². The van der Waals surface area contributed by atoms with Crippen LogP contribution < -0.4 is 4.74 Å². The van der Waals surface area contributed by atoms with Crippen molar-refractivity contribution in [2.24, 2.45) is 0 Å². The molecule has 2 aromatic carbocycles. The molecule has 1 aliphatic heterocycles. The molecule has 0 atom stereocenters. The zero-order valence-corrected chi connectivity index (χ0v) is 15.6. The Morgan fingerprint density at radius 3 is 2.85 bits per heavy atom. The molecule has 1 N–H and O–H groups in total.